The Labute approximate surface area is 86.6 Å². The van der Waals surface area contributed by atoms with Crippen molar-refractivity contribution in [3.8, 4) is 0 Å². The van der Waals surface area contributed by atoms with Crippen molar-refractivity contribution < 1.29 is 4.79 Å². The SMILES string of the molecule is CCCCC1=CC(=O)[C@H]2CCCC[C@@H]12. The van der Waals surface area contributed by atoms with Crippen molar-refractivity contribution in [2.24, 2.45) is 11.8 Å². The highest BCUT2D eigenvalue weighted by Crippen LogP contribution is 2.42. The Balaban J connectivity index is 2.02. The Morgan fingerprint density at radius 3 is 2.71 bits per heavy atom. The van der Waals surface area contributed by atoms with E-state index >= 15 is 0 Å². The van der Waals surface area contributed by atoms with Gasteiger partial charge in [0.1, 0.15) is 0 Å². The molecule has 0 unspecified atom stereocenters. The first-order valence-corrected chi connectivity index (χ1v) is 6.07. The third-order valence-electron chi connectivity index (χ3n) is 3.75. The van der Waals surface area contributed by atoms with Crippen LogP contribution in [0, 0.1) is 11.8 Å². The lowest BCUT2D eigenvalue weighted by atomic mass is 9.77. The maximum Gasteiger partial charge on any atom is 0.159 e. The van der Waals surface area contributed by atoms with Gasteiger partial charge in [-0.25, -0.2) is 0 Å². The summed E-state index contributed by atoms with van der Waals surface area (Å²) in [5, 5.41) is 0. The molecule has 0 saturated heterocycles. The third kappa shape index (κ3) is 1.77. The summed E-state index contributed by atoms with van der Waals surface area (Å²) in [6.07, 6.45) is 10.6. The fourth-order valence-electron chi connectivity index (χ4n) is 2.95. The van der Waals surface area contributed by atoms with E-state index in [1.807, 2.05) is 6.08 Å². The zero-order valence-corrected chi connectivity index (χ0v) is 9.09. The monoisotopic (exact) mass is 192 g/mol. The minimum atomic E-state index is 0.385. The van der Waals surface area contributed by atoms with Gasteiger partial charge in [-0.2, -0.15) is 0 Å². The molecular weight excluding hydrogens is 172 g/mol. The molecular formula is C13H20O. The lowest BCUT2D eigenvalue weighted by Gasteiger charge is -2.26. The molecule has 2 aliphatic carbocycles. The van der Waals surface area contributed by atoms with Gasteiger partial charge in [-0.15, -0.1) is 0 Å². The topological polar surface area (TPSA) is 17.1 Å². The quantitative estimate of drug-likeness (QED) is 0.669. The molecule has 2 rings (SSSR count). The van der Waals surface area contributed by atoms with Crippen LogP contribution in [0.4, 0.5) is 0 Å². The van der Waals surface area contributed by atoms with Crippen LogP contribution in [0.3, 0.4) is 0 Å². The van der Waals surface area contributed by atoms with E-state index in [1.165, 1.54) is 44.1 Å². The van der Waals surface area contributed by atoms with E-state index < -0.39 is 0 Å². The van der Waals surface area contributed by atoms with E-state index in [1.54, 1.807) is 0 Å². The van der Waals surface area contributed by atoms with Crippen LogP contribution < -0.4 is 0 Å². The van der Waals surface area contributed by atoms with Crippen LogP contribution in [0.1, 0.15) is 51.9 Å². The van der Waals surface area contributed by atoms with Crippen LogP contribution in [-0.2, 0) is 4.79 Å². The summed E-state index contributed by atoms with van der Waals surface area (Å²) in [7, 11) is 0. The number of allylic oxidation sites excluding steroid dienone is 2. The van der Waals surface area contributed by atoms with Gasteiger partial charge in [0.25, 0.3) is 0 Å². The molecule has 1 heteroatoms. The second kappa shape index (κ2) is 4.29. The summed E-state index contributed by atoms with van der Waals surface area (Å²) in [4.78, 5) is 11.7. The van der Waals surface area contributed by atoms with Crippen LogP contribution in [-0.4, -0.2) is 5.78 Å². The van der Waals surface area contributed by atoms with Gasteiger partial charge in [0, 0.05) is 5.92 Å². The lowest BCUT2D eigenvalue weighted by molar-refractivity contribution is -0.119. The van der Waals surface area contributed by atoms with Crippen molar-refractivity contribution >= 4 is 5.78 Å². The number of rotatable bonds is 3. The van der Waals surface area contributed by atoms with Gasteiger partial charge in [0.05, 0.1) is 0 Å². The van der Waals surface area contributed by atoms with E-state index in [0.29, 0.717) is 17.6 Å². The van der Waals surface area contributed by atoms with E-state index in [2.05, 4.69) is 6.92 Å². The number of carbonyl (C=O) groups excluding carboxylic acids is 1. The number of ketones is 1. The Hall–Kier alpha value is -0.590. The number of carbonyl (C=O) groups is 1. The normalized spacial score (nSPS) is 31.5. The molecule has 1 fully saturated rings. The fourth-order valence-corrected chi connectivity index (χ4v) is 2.95. The molecule has 0 radical (unpaired) electrons. The Bertz CT molecular complexity index is 252. The number of hydrogen-bond donors (Lipinski definition) is 0. The Kier molecular flexibility index (Phi) is 3.05. The smallest absolute Gasteiger partial charge is 0.159 e. The van der Waals surface area contributed by atoms with E-state index in [0.717, 1.165) is 6.42 Å². The van der Waals surface area contributed by atoms with Gasteiger partial charge in [-0.05, 0) is 37.7 Å². The molecule has 1 saturated carbocycles. The zero-order chi connectivity index (χ0) is 9.97. The summed E-state index contributed by atoms with van der Waals surface area (Å²) in [5.74, 6) is 1.46. The average molecular weight is 192 g/mol. The van der Waals surface area contributed by atoms with Gasteiger partial charge < -0.3 is 0 Å². The molecule has 78 valence electrons. The molecule has 0 bridgehead atoms. The van der Waals surface area contributed by atoms with Crippen LogP contribution >= 0.6 is 0 Å². The maximum atomic E-state index is 11.7. The van der Waals surface area contributed by atoms with E-state index in [9.17, 15) is 4.79 Å². The molecule has 0 aromatic carbocycles. The minimum absolute atomic E-state index is 0.385. The molecule has 2 aliphatic rings. The summed E-state index contributed by atoms with van der Waals surface area (Å²) >= 11 is 0. The number of unbranched alkanes of at least 4 members (excludes halogenated alkanes) is 1. The van der Waals surface area contributed by atoms with Crippen LogP contribution in [0.5, 0.6) is 0 Å². The summed E-state index contributed by atoms with van der Waals surface area (Å²) in [5.41, 5.74) is 1.47. The predicted molar refractivity (Wildman–Crippen MR) is 58.1 cm³/mol. The highest BCUT2D eigenvalue weighted by Gasteiger charge is 2.36. The Morgan fingerprint density at radius 2 is 2.00 bits per heavy atom. The number of hydrogen-bond acceptors (Lipinski definition) is 1. The van der Waals surface area contributed by atoms with Crippen molar-refractivity contribution in [2.45, 2.75) is 51.9 Å². The van der Waals surface area contributed by atoms with Gasteiger partial charge in [-0.1, -0.05) is 31.8 Å². The summed E-state index contributed by atoms with van der Waals surface area (Å²) < 4.78 is 0. The maximum absolute atomic E-state index is 11.7. The van der Waals surface area contributed by atoms with Crippen molar-refractivity contribution in [3.63, 3.8) is 0 Å². The summed E-state index contributed by atoms with van der Waals surface area (Å²) in [6, 6.07) is 0. The van der Waals surface area contributed by atoms with Crippen LogP contribution in [0.25, 0.3) is 0 Å². The zero-order valence-electron chi connectivity index (χ0n) is 9.09. The van der Waals surface area contributed by atoms with Gasteiger partial charge in [-0.3, -0.25) is 4.79 Å². The standard InChI is InChI=1S/C13H20O/c1-2-3-6-10-9-13(14)12-8-5-4-7-11(10)12/h9,11-12H,2-8H2,1H3/t11-,12-/m0/s1. The van der Waals surface area contributed by atoms with Crippen molar-refractivity contribution in [1.82, 2.24) is 0 Å². The first-order chi connectivity index (χ1) is 6.83. The molecule has 0 N–H and O–H groups in total. The van der Waals surface area contributed by atoms with Gasteiger partial charge in [0.2, 0.25) is 0 Å². The highest BCUT2D eigenvalue weighted by molar-refractivity contribution is 5.95. The second-order valence-electron chi connectivity index (χ2n) is 4.72. The minimum Gasteiger partial charge on any atom is -0.295 e. The van der Waals surface area contributed by atoms with Crippen LogP contribution in [0.2, 0.25) is 0 Å². The number of fused-ring (bicyclic) bond motifs is 1. The average Bonchev–Trinajstić information content (AvgIpc) is 2.54. The molecule has 14 heavy (non-hydrogen) atoms. The molecule has 0 amide bonds. The van der Waals surface area contributed by atoms with Crippen molar-refractivity contribution in [1.29, 1.82) is 0 Å². The molecule has 2 atom stereocenters. The first-order valence-electron chi connectivity index (χ1n) is 6.07. The van der Waals surface area contributed by atoms with Gasteiger partial charge >= 0.3 is 0 Å². The second-order valence-corrected chi connectivity index (χ2v) is 4.72. The highest BCUT2D eigenvalue weighted by atomic mass is 16.1. The molecule has 1 nitrogen and oxygen atoms in total. The summed E-state index contributed by atoms with van der Waals surface area (Å²) in [6.45, 7) is 2.22. The molecule has 0 spiro atoms. The van der Waals surface area contributed by atoms with Crippen molar-refractivity contribution in [2.75, 3.05) is 0 Å². The van der Waals surface area contributed by atoms with E-state index in [4.69, 9.17) is 0 Å². The molecule has 0 heterocycles. The Morgan fingerprint density at radius 1 is 1.29 bits per heavy atom. The van der Waals surface area contributed by atoms with Crippen LogP contribution in [0.15, 0.2) is 11.6 Å². The first kappa shape index (κ1) is 9.95. The van der Waals surface area contributed by atoms with E-state index in [-0.39, 0.29) is 0 Å². The predicted octanol–water partition coefficient (Wildman–Crippen LogP) is 3.49. The molecule has 0 aliphatic heterocycles. The lowest BCUT2D eigenvalue weighted by Crippen LogP contribution is -2.21. The third-order valence-corrected chi connectivity index (χ3v) is 3.75. The molecule has 0 aromatic heterocycles. The molecule has 0 aromatic rings. The van der Waals surface area contributed by atoms with Gasteiger partial charge in [0.15, 0.2) is 5.78 Å². The largest absolute Gasteiger partial charge is 0.295 e. The fraction of sp³-hybridized carbons (Fsp3) is 0.769. The van der Waals surface area contributed by atoms with Crippen molar-refractivity contribution in [3.05, 3.63) is 11.6 Å².